The zero-order valence-corrected chi connectivity index (χ0v) is 10.0. The van der Waals surface area contributed by atoms with Gasteiger partial charge in [-0.15, -0.1) is 0 Å². The van der Waals surface area contributed by atoms with Gasteiger partial charge in [-0.3, -0.25) is 4.79 Å². The predicted octanol–water partition coefficient (Wildman–Crippen LogP) is 2.66. The topological polar surface area (TPSA) is 30.7 Å². The van der Waals surface area contributed by atoms with E-state index >= 15 is 0 Å². The predicted molar refractivity (Wildman–Crippen MR) is 62.5 cm³/mol. The van der Waals surface area contributed by atoms with Gasteiger partial charge < -0.3 is 9.14 Å². The van der Waals surface area contributed by atoms with Crippen molar-refractivity contribution in [3.8, 4) is 0 Å². The highest BCUT2D eigenvalue weighted by atomic mass is 19.1. The number of halogens is 1. The van der Waals surface area contributed by atoms with E-state index in [4.69, 9.17) is 4.74 Å². The van der Waals surface area contributed by atoms with E-state index < -0.39 is 0 Å². The number of nitrogens with zero attached hydrogens (tertiary/aromatic N) is 1. The van der Waals surface area contributed by atoms with Gasteiger partial charge in [0.1, 0.15) is 5.82 Å². The maximum absolute atomic E-state index is 13.1. The average Bonchev–Trinajstić information content (AvgIpc) is 2.62. The van der Waals surface area contributed by atoms with Crippen LogP contribution in [0.5, 0.6) is 0 Å². The molecule has 17 heavy (non-hydrogen) atoms. The van der Waals surface area contributed by atoms with Crippen LogP contribution in [0, 0.1) is 12.7 Å². The number of rotatable bonds is 2. The standard InChI is InChI=1S/C13H14FNO2/c1-8-6-15-7-10(14)4-5-11(15)12(8)9(2)13(16)17-3/h4-7,9H,1-3H3/t9-/m0/s1. The van der Waals surface area contributed by atoms with E-state index in [2.05, 4.69) is 0 Å². The van der Waals surface area contributed by atoms with Gasteiger partial charge in [-0.25, -0.2) is 4.39 Å². The Morgan fingerprint density at radius 1 is 1.41 bits per heavy atom. The van der Waals surface area contributed by atoms with Crippen LogP contribution in [0.15, 0.2) is 24.5 Å². The molecule has 3 nitrogen and oxygen atoms in total. The molecule has 0 aliphatic heterocycles. The van der Waals surface area contributed by atoms with Gasteiger partial charge in [0.2, 0.25) is 0 Å². The summed E-state index contributed by atoms with van der Waals surface area (Å²) in [7, 11) is 1.37. The Morgan fingerprint density at radius 3 is 2.76 bits per heavy atom. The van der Waals surface area contributed by atoms with Crippen molar-refractivity contribution in [1.29, 1.82) is 0 Å². The van der Waals surface area contributed by atoms with Crippen LogP contribution in [-0.2, 0) is 9.53 Å². The van der Waals surface area contributed by atoms with Crippen LogP contribution in [-0.4, -0.2) is 17.5 Å². The highest BCUT2D eigenvalue weighted by Crippen LogP contribution is 2.27. The van der Waals surface area contributed by atoms with Crippen molar-refractivity contribution in [2.45, 2.75) is 19.8 Å². The van der Waals surface area contributed by atoms with Gasteiger partial charge in [-0.1, -0.05) is 0 Å². The molecule has 0 unspecified atom stereocenters. The van der Waals surface area contributed by atoms with Crippen LogP contribution in [0.2, 0.25) is 0 Å². The van der Waals surface area contributed by atoms with Gasteiger partial charge in [0.15, 0.2) is 0 Å². The quantitative estimate of drug-likeness (QED) is 0.749. The van der Waals surface area contributed by atoms with Gasteiger partial charge in [-0.05, 0) is 37.1 Å². The highest BCUT2D eigenvalue weighted by Gasteiger charge is 2.21. The Balaban J connectivity index is 2.61. The van der Waals surface area contributed by atoms with Crippen molar-refractivity contribution in [2.24, 2.45) is 0 Å². The molecule has 0 aliphatic carbocycles. The van der Waals surface area contributed by atoms with E-state index in [1.165, 1.54) is 19.4 Å². The van der Waals surface area contributed by atoms with Crippen molar-refractivity contribution >= 4 is 11.5 Å². The lowest BCUT2D eigenvalue weighted by Crippen LogP contribution is -2.11. The molecule has 0 fully saturated rings. The van der Waals surface area contributed by atoms with Crippen LogP contribution in [0.3, 0.4) is 0 Å². The minimum atomic E-state index is -0.351. The molecule has 0 N–H and O–H groups in total. The number of carbonyl (C=O) groups excluding carboxylic acids is 1. The summed E-state index contributed by atoms with van der Waals surface area (Å²) >= 11 is 0. The Morgan fingerprint density at radius 2 is 2.12 bits per heavy atom. The van der Waals surface area contributed by atoms with Crippen molar-refractivity contribution in [3.63, 3.8) is 0 Å². The second-order valence-corrected chi connectivity index (χ2v) is 4.11. The number of hydrogen-bond acceptors (Lipinski definition) is 2. The summed E-state index contributed by atoms with van der Waals surface area (Å²) in [6.07, 6.45) is 3.21. The van der Waals surface area contributed by atoms with Gasteiger partial charge in [0, 0.05) is 17.9 Å². The number of aromatic nitrogens is 1. The number of aryl methyl sites for hydroxylation is 1. The zero-order valence-electron chi connectivity index (χ0n) is 10.0. The first kappa shape index (κ1) is 11.6. The van der Waals surface area contributed by atoms with E-state index in [0.29, 0.717) is 0 Å². The summed E-state index contributed by atoms with van der Waals surface area (Å²) in [4.78, 5) is 11.6. The van der Waals surface area contributed by atoms with Gasteiger partial charge in [-0.2, -0.15) is 0 Å². The molecular formula is C13H14FNO2. The third-order valence-electron chi connectivity index (χ3n) is 2.96. The lowest BCUT2D eigenvalue weighted by molar-refractivity contribution is -0.141. The second-order valence-electron chi connectivity index (χ2n) is 4.11. The van der Waals surface area contributed by atoms with Gasteiger partial charge in [0.25, 0.3) is 0 Å². The van der Waals surface area contributed by atoms with Crippen LogP contribution < -0.4 is 0 Å². The lowest BCUT2D eigenvalue weighted by Gasteiger charge is -2.09. The number of pyridine rings is 1. The Labute approximate surface area is 98.8 Å². The van der Waals surface area contributed by atoms with Crippen molar-refractivity contribution < 1.29 is 13.9 Å². The fraction of sp³-hybridized carbons (Fsp3) is 0.308. The number of carbonyl (C=O) groups is 1. The summed E-state index contributed by atoms with van der Waals surface area (Å²) in [5.74, 6) is -0.939. The fourth-order valence-electron chi connectivity index (χ4n) is 2.16. The molecule has 0 bridgehead atoms. The van der Waals surface area contributed by atoms with E-state index in [1.807, 2.05) is 13.1 Å². The van der Waals surface area contributed by atoms with Crippen LogP contribution >= 0.6 is 0 Å². The van der Waals surface area contributed by atoms with Gasteiger partial charge >= 0.3 is 5.97 Å². The molecule has 2 rings (SSSR count). The second kappa shape index (κ2) is 4.20. The third-order valence-corrected chi connectivity index (χ3v) is 2.96. The van der Waals surface area contributed by atoms with E-state index in [9.17, 15) is 9.18 Å². The number of fused-ring (bicyclic) bond motifs is 1. The molecule has 0 aliphatic rings. The Kier molecular flexibility index (Phi) is 2.88. The van der Waals surface area contributed by atoms with Crippen LogP contribution in [0.25, 0.3) is 5.52 Å². The summed E-state index contributed by atoms with van der Waals surface area (Å²) in [5, 5.41) is 0. The average molecular weight is 235 g/mol. The summed E-state index contributed by atoms with van der Waals surface area (Å²) in [5.41, 5.74) is 2.67. The summed E-state index contributed by atoms with van der Waals surface area (Å²) in [6, 6.07) is 3.07. The molecule has 2 aromatic heterocycles. The largest absolute Gasteiger partial charge is 0.469 e. The molecule has 0 spiro atoms. The Bertz CT molecular complexity index is 574. The highest BCUT2D eigenvalue weighted by molar-refractivity contribution is 5.82. The first-order valence-electron chi connectivity index (χ1n) is 5.39. The summed E-state index contributed by atoms with van der Waals surface area (Å²) < 4.78 is 19.5. The number of hydrogen-bond donors (Lipinski definition) is 0. The zero-order chi connectivity index (χ0) is 12.6. The molecule has 0 saturated heterocycles. The Hall–Kier alpha value is -1.84. The molecule has 0 radical (unpaired) electrons. The smallest absolute Gasteiger partial charge is 0.312 e. The molecular weight excluding hydrogens is 221 g/mol. The normalized spacial score (nSPS) is 12.7. The SMILES string of the molecule is COC(=O)[C@@H](C)c1c(C)cn2cc(F)ccc12. The molecule has 0 aromatic carbocycles. The molecule has 90 valence electrons. The van der Waals surface area contributed by atoms with Crippen LogP contribution in [0.1, 0.15) is 24.0 Å². The van der Waals surface area contributed by atoms with Crippen molar-refractivity contribution in [2.75, 3.05) is 7.11 Å². The number of methoxy groups -OCH3 is 1. The number of esters is 1. The van der Waals surface area contributed by atoms with Crippen molar-refractivity contribution in [3.05, 3.63) is 41.5 Å². The molecule has 0 saturated carbocycles. The third kappa shape index (κ3) is 1.90. The van der Waals surface area contributed by atoms with Crippen molar-refractivity contribution in [1.82, 2.24) is 4.40 Å². The summed E-state index contributed by atoms with van der Waals surface area (Å²) in [6.45, 7) is 3.69. The number of ether oxygens (including phenoxy) is 1. The molecule has 0 amide bonds. The van der Waals surface area contributed by atoms with Gasteiger partial charge in [0.05, 0.1) is 13.0 Å². The molecule has 2 aromatic rings. The molecule has 1 atom stereocenters. The lowest BCUT2D eigenvalue weighted by atomic mass is 9.99. The minimum absolute atomic E-state index is 0.287. The first-order valence-corrected chi connectivity index (χ1v) is 5.39. The fourth-order valence-corrected chi connectivity index (χ4v) is 2.16. The van der Waals surface area contributed by atoms with E-state index in [-0.39, 0.29) is 17.7 Å². The van der Waals surface area contributed by atoms with Crippen LogP contribution in [0.4, 0.5) is 4.39 Å². The molecule has 4 heteroatoms. The maximum atomic E-state index is 13.1. The monoisotopic (exact) mass is 235 g/mol. The first-order chi connectivity index (χ1) is 8.04. The van der Waals surface area contributed by atoms with E-state index in [1.54, 1.807) is 17.4 Å². The minimum Gasteiger partial charge on any atom is -0.469 e. The molecule has 2 heterocycles. The van der Waals surface area contributed by atoms with E-state index in [0.717, 1.165) is 16.6 Å². The maximum Gasteiger partial charge on any atom is 0.312 e.